The first-order valence-electron chi connectivity index (χ1n) is 6.48. The molecule has 0 aromatic heterocycles. The number of benzene rings is 1. The minimum atomic E-state index is -0.614. The summed E-state index contributed by atoms with van der Waals surface area (Å²) in [6.07, 6.45) is 1.83. The van der Waals surface area contributed by atoms with Crippen LogP contribution in [-0.2, 0) is 0 Å². The monoisotopic (exact) mass is 285 g/mol. The Balaban J connectivity index is 2.20. The highest BCUT2D eigenvalue weighted by atomic mass is 35.5. The molecular weight excluding hydrogens is 266 g/mol. The number of rotatable bonds is 7. The van der Waals surface area contributed by atoms with Crippen LogP contribution < -0.4 is 14.8 Å². The number of hydrogen-bond acceptors (Lipinski definition) is 4. The fourth-order valence-corrected chi connectivity index (χ4v) is 2.19. The molecule has 2 N–H and O–H groups in total. The summed E-state index contributed by atoms with van der Waals surface area (Å²) < 4.78 is 11.0. The van der Waals surface area contributed by atoms with Crippen LogP contribution in [-0.4, -0.2) is 32.4 Å². The van der Waals surface area contributed by atoms with Gasteiger partial charge in [-0.25, -0.2) is 0 Å². The summed E-state index contributed by atoms with van der Waals surface area (Å²) in [6.45, 7) is 1.14. The summed E-state index contributed by atoms with van der Waals surface area (Å²) in [4.78, 5) is 0. The van der Waals surface area contributed by atoms with E-state index < -0.39 is 6.10 Å². The number of hydrogen-bond donors (Lipinski definition) is 2. The second kappa shape index (κ2) is 6.46. The van der Waals surface area contributed by atoms with E-state index in [1.165, 1.54) is 12.8 Å². The quantitative estimate of drug-likeness (QED) is 0.808. The Hall–Kier alpha value is -0.970. The zero-order valence-corrected chi connectivity index (χ0v) is 12.0. The number of methoxy groups -OCH3 is 1. The third kappa shape index (κ3) is 3.75. The minimum Gasteiger partial charge on any atom is -0.491 e. The summed E-state index contributed by atoms with van der Waals surface area (Å²) in [5.74, 6) is 1.78. The Bertz CT molecular complexity index is 435. The number of ether oxygens (including phenoxy) is 2. The van der Waals surface area contributed by atoms with Crippen LogP contribution in [0.1, 0.15) is 24.5 Å². The summed E-state index contributed by atoms with van der Waals surface area (Å²) in [5, 5.41) is 13.4. The highest BCUT2D eigenvalue weighted by molar-refractivity contribution is 6.32. The van der Waals surface area contributed by atoms with Crippen molar-refractivity contribution in [3.63, 3.8) is 0 Å². The minimum absolute atomic E-state index is 0.459. The fourth-order valence-electron chi connectivity index (χ4n) is 1.89. The van der Waals surface area contributed by atoms with Crippen molar-refractivity contribution in [1.29, 1.82) is 0 Å². The average molecular weight is 286 g/mol. The van der Waals surface area contributed by atoms with Crippen molar-refractivity contribution in [3.05, 3.63) is 22.7 Å². The molecule has 19 heavy (non-hydrogen) atoms. The summed E-state index contributed by atoms with van der Waals surface area (Å²) in [6, 6.07) is 3.52. The molecule has 1 aliphatic rings. The van der Waals surface area contributed by atoms with Gasteiger partial charge < -0.3 is 19.9 Å². The van der Waals surface area contributed by atoms with Crippen LogP contribution in [0.5, 0.6) is 11.5 Å². The molecule has 106 valence electrons. The maximum Gasteiger partial charge on any atom is 0.179 e. The molecule has 0 bridgehead atoms. The van der Waals surface area contributed by atoms with Crippen molar-refractivity contribution >= 4 is 11.6 Å². The van der Waals surface area contributed by atoms with Gasteiger partial charge in [-0.1, -0.05) is 11.6 Å². The van der Waals surface area contributed by atoms with Gasteiger partial charge in [-0.15, -0.1) is 0 Å². The van der Waals surface area contributed by atoms with E-state index in [0.717, 1.165) is 5.56 Å². The molecule has 0 heterocycles. The van der Waals surface area contributed by atoms with Gasteiger partial charge in [0.15, 0.2) is 11.5 Å². The lowest BCUT2D eigenvalue weighted by molar-refractivity contribution is 0.177. The van der Waals surface area contributed by atoms with E-state index in [0.29, 0.717) is 35.6 Å². The van der Waals surface area contributed by atoms with E-state index in [4.69, 9.17) is 21.1 Å². The molecule has 1 aliphatic carbocycles. The van der Waals surface area contributed by atoms with Crippen molar-refractivity contribution in [2.45, 2.75) is 18.9 Å². The van der Waals surface area contributed by atoms with Crippen LogP contribution in [0, 0.1) is 5.92 Å². The smallest absolute Gasteiger partial charge is 0.179 e. The molecule has 0 amide bonds. The Morgan fingerprint density at radius 1 is 1.47 bits per heavy atom. The van der Waals surface area contributed by atoms with Crippen LogP contribution in [0.2, 0.25) is 5.02 Å². The maximum atomic E-state index is 10.0. The number of aliphatic hydroxyl groups is 1. The van der Waals surface area contributed by atoms with Crippen LogP contribution in [0.15, 0.2) is 12.1 Å². The van der Waals surface area contributed by atoms with Gasteiger partial charge in [0.2, 0.25) is 0 Å². The zero-order valence-electron chi connectivity index (χ0n) is 11.3. The lowest BCUT2D eigenvalue weighted by atomic mass is 10.1. The van der Waals surface area contributed by atoms with E-state index >= 15 is 0 Å². The van der Waals surface area contributed by atoms with Crippen molar-refractivity contribution in [2.75, 3.05) is 27.3 Å². The van der Waals surface area contributed by atoms with Crippen molar-refractivity contribution < 1.29 is 14.6 Å². The molecule has 1 saturated carbocycles. The number of halogens is 1. The molecule has 0 saturated heterocycles. The molecule has 2 rings (SSSR count). The third-order valence-corrected chi connectivity index (χ3v) is 3.47. The summed E-state index contributed by atoms with van der Waals surface area (Å²) in [7, 11) is 3.35. The van der Waals surface area contributed by atoms with Crippen LogP contribution in [0.25, 0.3) is 0 Å². The largest absolute Gasteiger partial charge is 0.491 e. The highest BCUT2D eigenvalue weighted by Crippen LogP contribution is 2.39. The normalized spacial score (nSPS) is 16.2. The van der Waals surface area contributed by atoms with Crippen molar-refractivity contribution in [1.82, 2.24) is 5.32 Å². The van der Waals surface area contributed by atoms with Gasteiger partial charge in [0, 0.05) is 6.54 Å². The van der Waals surface area contributed by atoms with Crippen LogP contribution in [0.3, 0.4) is 0 Å². The van der Waals surface area contributed by atoms with E-state index in [9.17, 15) is 5.11 Å². The average Bonchev–Trinajstić information content (AvgIpc) is 3.20. The molecule has 1 fully saturated rings. The van der Waals surface area contributed by atoms with E-state index in [1.54, 1.807) is 26.3 Å². The summed E-state index contributed by atoms with van der Waals surface area (Å²) in [5.41, 5.74) is 0.728. The first-order valence-corrected chi connectivity index (χ1v) is 6.86. The Morgan fingerprint density at radius 2 is 2.21 bits per heavy atom. The van der Waals surface area contributed by atoms with Gasteiger partial charge in [0.1, 0.15) is 0 Å². The SMILES string of the molecule is CNCC(O)c1cc(Cl)c(OC)c(OCC2CC2)c1. The van der Waals surface area contributed by atoms with Gasteiger partial charge >= 0.3 is 0 Å². The zero-order chi connectivity index (χ0) is 13.8. The molecule has 0 spiro atoms. The van der Waals surface area contributed by atoms with Gasteiger partial charge in [0.05, 0.1) is 24.8 Å². The molecule has 1 aromatic rings. The fraction of sp³-hybridized carbons (Fsp3) is 0.571. The molecule has 5 heteroatoms. The standard InChI is InChI=1S/C14H20ClNO3/c1-16-7-12(17)10-5-11(15)14(18-2)13(6-10)19-8-9-3-4-9/h5-6,9,12,16-17H,3-4,7-8H2,1-2H3. The molecule has 4 nitrogen and oxygen atoms in total. The Labute approximate surface area is 118 Å². The Morgan fingerprint density at radius 3 is 2.79 bits per heavy atom. The molecule has 1 unspecified atom stereocenters. The van der Waals surface area contributed by atoms with Gasteiger partial charge in [-0.05, 0) is 43.5 Å². The van der Waals surface area contributed by atoms with Crippen LogP contribution in [0.4, 0.5) is 0 Å². The third-order valence-electron chi connectivity index (χ3n) is 3.19. The van der Waals surface area contributed by atoms with Gasteiger partial charge in [0.25, 0.3) is 0 Å². The molecule has 1 aromatic carbocycles. The predicted octanol–water partition coefficient (Wildman–Crippen LogP) is 2.39. The molecular formula is C14H20ClNO3. The topological polar surface area (TPSA) is 50.7 Å². The lowest BCUT2D eigenvalue weighted by Crippen LogP contribution is -2.17. The van der Waals surface area contributed by atoms with Gasteiger partial charge in [-0.3, -0.25) is 0 Å². The first kappa shape index (κ1) is 14.4. The second-order valence-corrected chi connectivity index (χ2v) is 5.27. The first-order chi connectivity index (χ1) is 9.15. The van der Waals surface area contributed by atoms with E-state index in [-0.39, 0.29) is 0 Å². The lowest BCUT2D eigenvalue weighted by Gasteiger charge is -2.16. The molecule has 0 aliphatic heterocycles. The van der Waals surface area contributed by atoms with Crippen LogP contribution >= 0.6 is 11.6 Å². The predicted molar refractivity (Wildman–Crippen MR) is 75.1 cm³/mol. The molecule has 0 radical (unpaired) electrons. The Kier molecular flexibility index (Phi) is 4.91. The second-order valence-electron chi connectivity index (χ2n) is 4.86. The highest BCUT2D eigenvalue weighted by Gasteiger charge is 2.23. The van der Waals surface area contributed by atoms with Crippen molar-refractivity contribution in [3.8, 4) is 11.5 Å². The summed E-state index contributed by atoms with van der Waals surface area (Å²) >= 11 is 6.17. The maximum absolute atomic E-state index is 10.0. The van der Waals surface area contributed by atoms with E-state index in [2.05, 4.69) is 5.32 Å². The molecule has 1 atom stereocenters. The number of nitrogens with one attached hydrogen (secondary N) is 1. The van der Waals surface area contributed by atoms with E-state index in [1.807, 2.05) is 0 Å². The number of aliphatic hydroxyl groups excluding tert-OH is 1. The van der Waals surface area contributed by atoms with Crippen molar-refractivity contribution in [2.24, 2.45) is 5.92 Å². The van der Waals surface area contributed by atoms with Gasteiger partial charge in [-0.2, -0.15) is 0 Å². The number of likely N-dealkylation sites (N-methyl/N-ethyl adjacent to an activating group) is 1.